The zero-order valence-electron chi connectivity index (χ0n) is 20.6. The first kappa shape index (κ1) is 25.3. The topological polar surface area (TPSA) is 35.6 Å². The summed E-state index contributed by atoms with van der Waals surface area (Å²) in [5.41, 5.74) is 6.50. The van der Waals surface area contributed by atoms with Crippen molar-refractivity contribution in [3.05, 3.63) is 105 Å². The molecule has 4 nitrogen and oxygen atoms in total. The quantitative estimate of drug-likeness (QED) is 0.409. The SMILES string of the molecule is O=C(NCc1ccc(CN2CCc3ccccc3C2)cc1)C1CCCN(Cc2ccc(Cl)c(Cl)c2)C1. The van der Waals surface area contributed by atoms with Crippen molar-refractivity contribution in [3.63, 3.8) is 0 Å². The lowest BCUT2D eigenvalue weighted by atomic mass is 9.96. The van der Waals surface area contributed by atoms with E-state index in [0.29, 0.717) is 16.6 Å². The van der Waals surface area contributed by atoms with Gasteiger partial charge in [0.05, 0.1) is 16.0 Å². The number of piperidine rings is 1. The number of nitrogens with zero attached hydrogens (tertiary/aromatic N) is 2. The van der Waals surface area contributed by atoms with Crippen LogP contribution in [0.5, 0.6) is 0 Å². The molecule has 0 aliphatic carbocycles. The lowest BCUT2D eigenvalue weighted by Crippen LogP contribution is -2.42. The first-order valence-electron chi connectivity index (χ1n) is 12.8. The summed E-state index contributed by atoms with van der Waals surface area (Å²) >= 11 is 12.2. The van der Waals surface area contributed by atoms with Crippen molar-refractivity contribution < 1.29 is 4.79 Å². The Hall–Kier alpha value is -2.37. The van der Waals surface area contributed by atoms with Crippen molar-refractivity contribution in [3.8, 4) is 0 Å². The summed E-state index contributed by atoms with van der Waals surface area (Å²) in [5.74, 6) is 0.160. The Bertz CT molecular complexity index is 1200. The van der Waals surface area contributed by atoms with Gasteiger partial charge in [-0.3, -0.25) is 14.6 Å². The first-order valence-corrected chi connectivity index (χ1v) is 13.6. The van der Waals surface area contributed by atoms with Gasteiger partial charge in [-0.2, -0.15) is 0 Å². The fraction of sp³-hybridized carbons (Fsp3) is 0.367. The van der Waals surface area contributed by atoms with Crippen molar-refractivity contribution in [1.29, 1.82) is 0 Å². The standard InChI is InChI=1S/C30H33Cl2N3O/c31-28-12-11-24(16-29(28)32)19-34-14-3-6-27(21-34)30(36)33-17-22-7-9-23(10-8-22)18-35-15-13-25-4-1-2-5-26(25)20-35/h1-2,4-5,7-12,16,27H,3,6,13-15,17-21H2,(H,33,36). The molecule has 1 atom stereocenters. The Morgan fingerprint density at radius 3 is 2.36 bits per heavy atom. The van der Waals surface area contributed by atoms with E-state index < -0.39 is 0 Å². The molecule has 2 aliphatic rings. The summed E-state index contributed by atoms with van der Waals surface area (Å²) in [5, 5.41) is 4.31. The van der Waals surface area contributed by atoms with Gasteiger partial charge >= 0.3 is 0 Å². The molecule has 0 spiro atoms. The number of halogens is 2. The van der Waals surface area contributed by atoms with Gasteiger partial charge in [0, 0.05) is 39.3 Å². The molecule has 3 aromatic carbocycles. The zero-order valence-corrected chi connectivity index (χ0v) is 22.1. The van der Waals surface area contributed by atoms with E-state index in [2.05, 4.69) is 63.6 Å². The maximum absolute atomic E-state index is 12.9. The molecule has 6 heteroatoms. The van der Waals surface area contributed by atoms with Crippen LogP contribution in [0.3, 0.4) is 0 Å². The maximum Gasteiger partial charge on any atom is 0.224 e. The van der Waals surface area contributed by atoms with Gasteiger partial charge in [-0.1, -0.05) is 77.8 Å². The fourth-order valence-corrected chi connectivity index (χ4v) is 5.67. The molecular weight excluding hydrogens is 489 g/mol. The molecule has 3 aromatic rings. The lowest BCUT2D eigenvalue weighted by Gasteiger charge is -2.32. The average molecular weight is 523 g/mol. The molecule has 0 aromatic heterocycles. The van der Waals surface area contributed by atoms with Crippen molar-refractivity contribution >= 4 is 29.1 Å². The molecule has 0 radical (unpaired) electrons. The Kier molecular flexibility index (Phi) is 8.28. The zero-order chi connectivity index (χ0) is 24.9. The summed E-state index contributed by atoms with van der Waals surface area (Å²) in [6, 6.07) is 23.2. The van der Waals surface area contributed by atoms with E-state index in [1.54, 1.807) is 0 Å². The number of benzene rings is 3. The second-order valence-corrected chi connectivity index (χ2v) is 10.9. The lowest BCUT2D eigenvalue weighted by molar-refractivity contribution is -0.126. The molecule has 1 unspecified atom stereocenters. The number of nitrogens with one attached hydrogen (secondary N) is 1. The molecule has 0 saturated carbocycles. The van der Waals surface area contributed by atoms with Gasteiger partial charge in [-0.05, 0) is 65.8 Å². The highest BCUT2D eigenvalue weighted by atomic mass is 35.5. The van der Waals surface area contributed by atoms with Crippen molar-refractivity contribution in [1.82, 2.24) is 15.1 Å². The van der Waals surface area contributed by atoms with Crippen LogP contribution in [-0.2, 0) is 37.4 Å². The Labute approximate surface area is 224 Å². The van der Waals surface area contributed by atoms with Gasteiger partial charge in [0.25, 0.3) is 0 Å². The Morgan fingerprint density at radius 1 is 0.833 bits per heavy atom. The van der Waals surface area contributed by atoms with E-state index in [0.717, 1.165) is 69.7 Å². The third kappa shape index (κ3) is 6.49. The Morgan fingerprint density at radius 2 is 1.56 bits per heavy atom. The second kappa shape index (κ2) is 11.8. The normalized spacial score (nSPS) is 18.6. The second-order valence-electron chi connectivity index (χ2n) is 10.1. The number of rotatable bonds is 7. The number of carbonyl (C=O) groups is 1. The van der Waals surface area contributed by atoms with E-state index in [9.17, 15) is 4.79 Å². The smallest absolute Gasteiger partial charge is 0.224 e. The van der Waals surface area contributed by atoms with E-state index in [-0.39, 0.29) is 11.8 Å². The van der Waals surface area contributed by atoms with Gasteiger partial charge in [-0.15, -0.1) is 0 Å². The fourth-order valence-electron chi connectivity index (χ4n) is 5.35. The minimum Gasteiger partial charge on any atom is -0.352 e. The van der Waals surface area contributed by atoms with E-state index in [1.165, 1.54) is 16.7 Å². The number of carbonyl (C=O) groups excluding carboxylic acids is 1. The van der Waals surface area contributed by atoms with Gasteiger partial charge < -0.3 is 5.32 Å². The molecule has 188 valence electrons. The van der Waals surface area contributed by atoms with Crippen molar-refractivity contribution in [2.75, 3.05) is 19.6 Å². The van der Waals surface area contributed by atoms with Crippen molar-refractivity contribution in [2.24, 2.45) is 5.92 Å². The van der Waals surface area contributed by atoms with Crippen LogP contribution in [0, 0.1) is 5.92 Å². The van der Waals surface area contributed by atoms with E-state index in [1.807, 2.05) is 18.2 Å². The number of hydrogen-bond donors (Lipinski definition) is 1. The molecule has 2 heterocycles. The Balaban J connectivity index is 1.09. The minimum absolute atomic E-state index is 0.0165. The van der Waals surface area contributed by atoms with Crippen LogP contribution in [0.2, 0.25) is 10.0 Å². The summed E-state index contributed by atoms with van der Waals surface area (Å²) < 4.78 is 0. The number of likely N-dealkylation sites (tertiary alicyclic amines) is 1. The number of fused-ring (bicyclic) bond motifs is 1. The third-order valence-electron chi connectivity index (χ3n) is 7.37. The molecule has 36 heavy (non-hydrogen) atoms. The van der Waals surface area contributed by atoms with Crippen LogP contribution in [0.15, 0.2) is 66.7 Å². The number of amides is 1. The minimum atomic E-state index is 0.0165. The predicted octanol–water partition coefficient (Wildman–Crippen LogP) is 6.08. The monoisotopic (exact) mass is 521 g/mol. The van der Waals surface area contributed by atoms with Gasteiger partial charge in [0.1, 0.15) is 0 Å². The average Bonchev–Trinajstić information content (AvgIpc) is 2.90. The van der Waals surface area contributed by atoms with Crippen LogP contribution in [0.1, 0.15) is 40.7 Å². The van der Waals surface area contributed by atoms with Crippen LogP contribution >= 0.6 is 23.2 Å². The molecule has 0 bridgehead atoms. The highest BCUT2D eigenvalue weighted by molar-refractivity contribution is 6.42. The molecular formula is C30H33Cl2N3O. The van der Waals surface area contributed by atoms with Crippen LogP contribution < -0.4 is 5.32 Å². The highest BCUT2D eigenvalue weighted by Gasteiger charge is 2.25. The molecule has 1 amide bonds. The van der Waals surface area contributed by atoms with E-state index in [4.69, 9.17) is 23.2 Å². The van der Waals surface area contributed by atoms with Gasteiger partial charge in [0.2, 0.25) is 5.91 Å². The molecule has 1 saturated heterocycles. The summed E-state index contributed by atoms with van der Waals surface area (Å²) in [6.07, 6.45) is 3.07. The summed E-state index contributed by atoms with van der Waals surface area (Å²) in [7, 11) is 0. The molecule has 2 aliphatic heterocycles. The molecule has 1 N–H and O–H groups in total. The van der Waals surface area contributed by atoms with Crippen molar-refractivity contribution in [2.45, 2.75) is 45.4 Å². The van der Waals surface area contributed by atoms with Crippen LogP contribution in [0.4, 0.5) is 0 Å². The summed E-state index contributed by atoms with van der Waals surface area (Å²) in [4.78, 5) is 17.8. The summed E-state index contributed by atoms with van der Waals surface area (Å²) in [6.45, 7) is 6.18. The van der Waals surface area contributed by atoms with E-state index >= 15 is 0 Å². The number of hydrogen-bond acceptors (Lipinski definition) is 3. The van der Waals surface area contributed by atoms with Gasteiger partial charge in [0.15, 0.2) is 0 Å². The van der Waals surface area contributed by atoms with Gasteiger partial charge in [-0.25, -0.2) is 0 Å². The van der Waals surface area contributed by atoms with Crippen LogP contribution in [-0.4, -0.2) is 35.3 Å². The largest absolute Gasteiger partial charge is 0.352 e. The van der Waals surface area contributed by atoms with Crippen LogP contribution in [0.25, 0.3) is 0 Å². The first-order chi connectivity index (χ1) is 17.5. The molecule has 1 fully saturated rings. The third-order valence-corrected chi connectivity index (χ3v) is 8.11. The highest BCUT2D eigenvalue weighted by Crippen LogP contribution is 2.25. The molecule has 5 rings (SSSR count). The maximum atomic E-state index is 12.9. The predicted molar refractivity (Wildman–Crippen MR) is 147 cm³/mol.